The molecule has 0 atom stereocenters. The number of anilines is 1. The Kier molecular flexibility index (Phi) is 6.75. The van der Waals surface area contributed by atoms with Crippen molar-refractivity contribution in [3.63, 3.8) is 0 Å². The van der Waals surface area contributed by atoms with Gasteiger partial charge in [-0.2, -0.15) is 0 Å². The van der Waals surface area contributed by atoms with E-state index < -0.39 is 33.0 Å². The van der Waals surface area contributed by atoms with Crippen LogP contribution in [-0.4, -0.2) is 29.6 Å². The average molecular weight is 490 g/mol. The summed E-state index contributed by atoms with van der Waals surface area (Å²) in [5.41, 5.74) is 1.22. The number of sulfone groups is 1. The third-order valence-corrected chi connectivity index (χ3v) is 7.32. The summed E-state index contributed by atoms with van der Waals surface area (Å²) in [6.07, 6.45) is 0.855. The topological polar surface area (TPSA) is 124 Å². The van der Waals surface area contributed by atoms with Gasteiger partial charge in [0.15, 0.2) is 11.5 Å². The monoisotopic (exact) mass is 489 g/mol. The van der Waals surface area contributed by atoms with E-state index in [4.69, 9.17) is 0 Å². The number of aryl methyl sites for hydroxylation is 2. The maximum atomic E-state index is 12.9. The minimum absolute atomic E-state index is 0.0113. The average Bonchev–Trinajstić information content (AvgIpc) is 2.88. The molecule has 4 aromatic rings. The smallest absolute Gasteiger partial charge is 0.259 e. The highest BCUT2D eigenvalue weighted by molar-refractivity contribution is 7.91. The number of hydrogen-bond acceptors (Lipinski definition) is 6. The van der Waals surface area contributed by atoms with Crippen LogP contribution in [-0.2, 0) is 22.7 Å². The lowest BCUT2D eigenvalue weighted by Crippen LogP contribution is -2.13. The molecule has 35 heavy (non-hydrogen) atoms. The molecule has 7 nitrogen and oxygen atoms in total. The predicted molar refractivity (Wildman–Crippen MR) is 132 cm³/mol. The maximum Gasteiger partial charge on any atom is 0.259 e. The molecule has 0 spiro atoms. The van der Waals surface area contributed by atoms with E-state index in [0.717, 1.165) is 5.56 Å². The van der Waals surface area contributed by atoms with E-state index in [-0.39, 0.29) is 26.6 Å². The summed E-state index contributed by atoms with van der Waals surface area (Å²) in [6, 6.07) is 24.4. The number of benzene rings is 4. The zero-order valence-corrected chi connectivity index (χ0v) is 19.4. The van der Waals surface area contributed by atoms with Crippen LogP contribution in [0.15, 0.2) is 101 Å². The first-order valence-corrected chi connectivity index (χ1v) is 12.3. The van der Waals surface area contributed by atoms with Crippen LogP contribution in [0.2, 0.25) is 0 Å². The molecule has 0 fully saturated rings. The number of phenolic OH excluding ortho intramolecular Hbond substituents is 3. The fourth-order valence-corrected chi connectivity index (χ4v) is 4.99. The molecule has 0 aromatic heterocycles. The summed E-state index contributed by atoms with van der Waals surface area (Å²) in [6.45, 7) is 0. The molecule has 0 aliphatic carbocycles. The fourth-order valence-electron chi connectivity index (χ4n) is 3.67. The maximum absolute atomic E-state index is 12.9. The van der Waals surface area contributed by atoms with E-state index in [2.05, 4.69) is 5.32 Å². The van der Waals surface area contributed by atoms with Gasteiger partial charge in [-0.1, -0.05) is 54.6 Å². The standard InChI is InChI=1S/C27H23NO6S/c29-24-19(15-14-18-8-3-1-4-9-18)16-23(25(30)26(24)31)27(32)28-20-10-7-13-22(17-20)35(33,34)21-11-5-2-6-12-21/h1-13,16-17,29-31H,14-15H2,(H,28,32). The molecule has 8 heteroatoms. The second kappa shape index (κ2) is 9.90. The Balaban J connectivity index is 1.59. The molecule has 4 aromatic carbocycles. The second-order valence-electron chi connectivity index (χ2n) is 7.91. The van der Waals surface area contributed by atoms with Crippen molar-refractivity contribution in [1.82, 2.24) is 0 Å². The minimum Gasteiger partial charge on any atom is -0.504 e. The summed E-state index contributed by atoms with van der Waals surface area (Å²) >= 11 is 0. The van der Waals surface area contributed by atoms with Crippen LogP contribution < -0.4 is 5.32 Å². The Labute approximate surface area is 202 Å². The van der Waals surface area contributed by atoms with Gasteiger partial charge in [-0.25, -0.2) is 8.42 Å². The van der Waals surface area contributed by atoms with Crippen LogP contribution in [0.25, 0.3) is 0 Å². The SMILES string of the molecule is O=C(Nc1cccc(S(=O)(=O)c2ccccc2)c1)c1cc(CCc2ccccc2)c(O)c(O)c1O. The molecule has 0 heterocycles. The molecule has 0 saturated carbocycles. The number of carbonyl (C=O) groups is 1. The van der Waals surface area contributed by atoms with Crippen LogP contribution in [0.4, 0.5) is 5.69 Å². The van der Waals surface area contributed by atoms with Crippen molar-refractivity contribution in [3.05, 3.63) is 108 Å². The van der Waals surface area contributed by atoms with Gasteiger partial charge in [-0.15, -0.1) is 0 Å². The van der Waals surface area contributed by atoms with Gasteiger partial charge in [0.25, 0.3) is 5.91 Å². The lowest BCUT2D eigenvalue weighted by Gasteiger charge is -2.13. The molecule has 0 bridgehead atoms. The highest BCUT2D eigenvalue weighted by atomic mass is 32.2. The van der Waals surface area contributed by atoms with Crippen LogP contribution in [0.3, 0.4) is 0 Å². The Bertz CT molecular complexity index is 1470. The van der Waals surface area contributed by atoms with Crippen molar-refractivity contribution in [2.24, 2.45) is 0 Å². The lowest BCUT2D eigenvalue weighted by atomic mass is 10.00. The van der Waals surface area contributed by atoms with E-state index in [1.54, 1.807) is 18.2 Å². The second-order valence-corrected chi connectivity index (χ2v) is 9.86. The molecular weight excluding hydrogens is 466 g/mol. The van der Waals surface area contributed by atoms with Crippen LogP contribution in [0, 0.1) is 0 Å². The van der Waals surface area contributed by atoms with E-state index in [1.807, 2.05) is 30.3 Å². The number of hydrogen-bond donors (Lipinski definition) is 4. The normalized spacial score (nSPS) is 11.2. The van der Waals surface area contributed by atoms with Crippen molar-refractivity contribution in [2.45, 2.75) is 22.6 Å². The Morgan fingerprint density at radius 1 is 0.686 bits per heavy atom. The van der Waals surface area contributed by atoms with Crippen molar-refractivity contribution < 1.29 is 28.5 Å². The summed E-state index contributed by atoms with van der Waals surface area (Å²) in [4.78, 5) is 13.0. The Hall–Kier alpha value is -4.30. The van der Waals surface area contributed by atoms with Crippen molar-refractivity contribution >= 4 is 21.4 Å². The Morgan fingerprint density at radius 2 is 1.31 bits per heavy atom. The Morgan fingerprint density at radius 3 is 2.00 bits per heavy atom. The molecule has 0 aliphatic rings. The summed E-state index contributed by atoms with van der Waals surface area (Å²) in [7, 11) is -3.80. The van der Waals surface area contributed by atoms with Gasteiger partial charge in [0.2, 0.25) is 15.6 Å². The highest BCUT2D eigenvalue weighted by Gasteiger charge is 2.22. The molecule has 178 valence electrons. The van der Waals surface area contributed by atoms with Crippen LogP contribution in [0.5, 0.6) is 17.2 Å². The molecule has 4 N–H and O–H groups in total. The van der Waals surface area contributed by atoms with Gasteiger partial charge in [0.1, 0.15) is 0 Å². The first-order chi connectivity index (χ1) is 16.8. The largest absolute Gasteiger partial charge is 0.504 e. The summed E-state index contributed by atoms with van der Waals surface area (Å²) < 4.78 is 25.8. The number of rotatable bonds is 7. The van der Waals surface area contributed by atoms with E-state index in [9.17, 15) is 28.5 Å². The lowest BCUT2D eigenvalue weighted by molar-refractivity contribution is 0.102. The van der Waals surface area contributed by atoms with E-state index in [1.165, 1.54) is 42.5 Å². The quantitative estimate of drug-likeness (QED) is 0.280. The van der Waals surface area contributed by atoms with Gasteiger partial charge in [-0.3, -0.25) is 4.79 Å². The van der Waals surface area contributed by atoms with Crippen molar-refractivity contribution in [1.29, 1.82) is 0 Å². The van der Waals surface area contributed by atoms with Crippen LogP contribution in [0.1, 0.15) is 21.5 Å². The number of amides is 1. The van der Waals surface area contributed by atoms with E-state index >= 15 is 0 Å². The minimum atomic E-state index is -3.80. The third kappa shape index (κ3) is 5.12. The summed E-state index contributed by atoms with van der Waals surface area (Å²) in [5.74, 6) is -2.82. The molecule has 4 rings (SSSR count). The number of phenols is 3. The fraction of sp³-hybridized carbons (Fsp3) is 0.0741. The van der Waals surface area contributed by atoms with Gasteiger partial charge in [0.05, 0.1) is 15.4 Å². The molecular formula is C27H23NO6S. The number of nitrogens with one attached hydrogen (secondary N) is 1. The van der Waals surface area contributed by atoms with Gasteiger partial charge in [0, 0.05) is 5.69 Å². The molecule has 0 unspecified atom stereocenters. The van der Waals surface area contributed by atoms with Gasteiger partial charge in [-0.05, 0) is 60.4 Å². The molecule has 0 aliphatic heterocycles. The van der Waals surface area contributed by atoms with Gasteiger partial charge < -0.3 is 20.6 Å². The third-order valence-electron chi connectivity index (χ3n) is 5.55. The highest BCUT2D eigenvalue weighted by Crippen LogP contribution is 2.41. The van der Waals surface area contributed by atoms with Gasteiger partial charge >= 0.3 is 0 Å². The summed E-state index contributed by atoms with van der Waals surface area (Å²) in [5, 5.41) is 33.3. The van der Waals surface area contributed by atoms with E-state index in [0.29, 0.717) is 12.8 Å². The van der Waals surface area contributed by atoms with Crippen molar-refractivity contribution in [2.75, 3.05) is 5.32 Å². The van der Waals surface area contributed by atoms with Crippen LogP contribution >= 0.6 is 0 Å². The van der Waals surface area contributed by atoms with Crippen molar-refractivity contribution in [3.8, 4) is 17.2 Å². The zero-order chi connectivity index (χ0) is 25.0. The molecule has 0 saturated heterocycles. The molecule has 0 radical (unpaired) electrons. The predicted octanol–water partition coefficient (Wildman–Crippen LogP) is 4.67. The first kappa shape index (κ1) is 23.8. The number of carbonyl (C=O) groups excluding carboxylic acids is 1. The number of aromatic hydroxyl groups is 3. The first-order valence-electron chi connectivity index (χ1n) is 10.8. The molecule has 1 amide bonds. The zero-order valence-electron chi connectivity index (χ0n) is 18.5.